The van der Waals surface area contributed by atoms with Gasteiger partial charge in [0, 0.05) is 13.0 Å². The number of carbonyl (C=O) groups is 1. The minimum absolute atomic E-state index is 0.0263. The second kappa shape index (κ2) is 50.8. The molecule has 1 fully saturated rings. The number of aliphatic hydroxyl groups excluding tert-OH is 3. The summed E-state index contributed by atoms with van der Waals surface area (Å²) in [5.74, 6) is -0.406. The van der Waals surface area contributed by atoms with E-state index in [-0.39, 0.29) is 19.6 Å². The molecule has 0 saturated carbocycles. The highest BCUT2D eigenvalue weighted by molar-refractivity contribution is 7.80. The van der Waals surface area contributed by atoms with Crippen molar-refractivity contribution >= 4 is 16.4 Å². The molecule has 426 valence electrons. The predicted octanol–water partition coefficient (Wildman–Crippen LogP) is 14.5. The van der Waals surface area contributed by atoms with Crippen molar-refractivity contribution in [2.75, 3.05) is 26.4 Å². The van der Waals surface area contributed by atoms with Crippen LogP contribution in [0.4, 0.5) is 0 Å². The van der Waals surface area contributed by atoms with Crippen LogP contribution < -0.4 is 0 Å². The first-order chi connectivity index (χ1) is 36.1. The van der Waals surface area contributed by atoms with Gasteiger partial charge in [0.2, 0.25) is 0 Å². The lowest BCUT2D eigenvalue weighted by Gasteiger charge is -2.41. The number of carbonyl (C=O) groups excluding carboxylic acids is 1. The number of hydrogen-bond donors (Lipinski definition) is 4. The molecule has 1 heterocycles. The molecule has 0 spiro atoms. The predicted molar refractivity (Wildman–Crippen MR) is 303 cm³/mol. The molecule has 0 amide bonds. The van der Waals surface area contributed by atoms with Gasteiger partial charge in [0.05, 0.1) is 19.8 Å². The van der Waals surface area contributed by atoms with Crippen LogP contribution in [0.1, 0.15) is 219 Å². The average Bonchev–Trinajstić information content (AvgIpc) is 3.38. The fourth-order valence-electron chi connectivity index (χ4n) is 8.42. The Morgan fingerprint density at radius 2 is 0.892 bits per heavy atom. The fourth-order valence-corrected chi connectivity index (χ4v) is 8.93. The molecule has 1 aliphatic rings. The molecule has 6 atom stereocenters. The molecule has 0 bridgehead atoms. The molecule has 1 saturated heterocycles. The lowest BCUT2D eigenvalue weighted by Crippen LogP contribution is -2.60. The van der Waals surface area contributed by atoms with Gasteiger partial charge in [0.1, 0.15) is 30.5 Å². The minimum Gasteiger partial charge on any atom is -0.457 e. The molecule has 6 unspecified atom stereocenters. The Balaban J connectivity index is 2.30. The number of rotatable bonds is 50. The minimum atomic E-state index is -5.07. The maximum absolute atomic E-state index is 13.0. The largest absolute Gasteiger partial charge is 0.457 e. The molecule has 0 aromatic carbocycles. The first-order valence-electron chi connectivity index (χ1n) is 29.0. The topological polar surface area (TPSA) is 178 Å². The van der Waals surface area contributed by atoms with Crippen molar-refractivity contribution in [1.29, 1.82) is 0 Å². The van der Waals surface area contributed by atoms with Crippen molar-refractivity contribution < 1.29 is 56.2 Å². The first-order valence-corrected chi connectivity index (χ1v) is 30.4. The van der Waals surface area contributed by atoms with E-state index >= 15 is 0 Å². The van der Waals surface area contributed by atoms with E-state index in [4.69, 9.17) is 18.9 Å². The fraction of sp³-hybridized carbons (Fsp3) is 0.721. The van der Waals surface area contributed by atoms with Crippen LogP contribution in [-0.4, -0.2) is 97.5 Å². The van der Waals surface area contributed by atoms with E-state index in [2.05, 4.69) is 115 Å². The van der Waals surface area contributed by atoms with Crippen LogP contribution in [0.25, 0.3) is 0 Å². The normalized spacial score (nSPS) is 19.5. The molecular formula is C61H104O12S. The van der Waals surface area contributed by atoms with Crippen molar-refractivity contribution in [2.45, 2.75) is 256 Å². The number of ether oxygens (including phenoxy) is 4. The van der Waals surface area contributed by atoms with Crippen LogP contribution in [0.15, 0.2) is 97.2 Å². The second-order valence-corrected chi connectivity index (χ2v) is 20.5. The number of aliphatic hydroxyl groups is 3. The smallest absolute Gasteiger partial charge is 0.397 e. The summed E-state index contributed by atoms with van der Waals surface area (Å²) < 4.78 is 59.5. The molecule has 4 N–H and O–H groups in total. The first kappa shape index (κ1) is 69.0. The number of allylic oxidation sites excluding steroid dienone is 16. The van der Waals surface area contributed by atoms with Gasteiger partial charge in [-0.2, -0.15) is 8.42 Å². The molecular weight excluding hydrogens is 957 g/mol. The Kier molecular flexibility index (Phi) is 47.4. The van der Waals surface area contributed by atoms with Crippen molar-refractivity contribution in [2.24, 2.45) is 0 Å². The summed E-state index contributed by atoms with van der Waals surface area (Å²) in [6, 6.07) is 0. The highest BCUT2D eigenvalue weighted by Gasteiger charge is 2.48. The Hall–Kier alpha value is -2.98. The van der Waals surface area contributed by atoms with E-state index in [1.165, 1.54) is 89.9 Å². The standard InChI is InChI=1S/C61H104O12S/c1-3-5-7-9-11-13-15-17-19-21-23-25-27-28-29-30-32-34-36-38-40-42-44-46-48-50-57(63)71-55(54-70-61-59(65)60(73-74(66,67)68)58(64)56(52-62)72-61)53-69-51-49-47-45-43-41-39-37-35-33-31-26-24-22-20-18-16-14-12-10-8-6-4-2/h5-8,11-14,17-20,23-26,55-56,58-62,64-65H,3-4,9-10,15-16,21-22,27-54H2,1-2H3,(H,66,67,68)/b7-5-,8-6-,13-11-,14-12-,19-17-,20-18-,25-23-,26-24-. The van der Waals surface area contributed by atoms with Gasteiger partial charge in [-0.15, -0.1) is 0 Å². The van der Waals surface area contributed by atoms with Gasteiger partial charge in [-0.3, -0.25) is 9.35 Å². The lowest BCUT2D eigenvalue weighted by molar-refractivity contribution is -0.301. The third-order valence-corrected chi connectivity index (χ3v) is 13.2. The molecule has 0 aromatic heterocycles. The van der Waals surface area contributed by atoms with Gasteiger partial charge < -0.3 is 34.3 Å². The maximum atomic E-state index is 13.0. The summed E-state index contributed by atoms with van der Waals surface area (Å²) in [5, 5.41) is 30.9. The Labute approximate surface area is 450 Å². The maximum Gasteiger partial charge on any atom is 0.397 e. The zero-order valence-electron chi connectivity index (χ0n) is 46.1. The third kappa shape index (κ3) is 43.2. The van der Waals surface area contributed by atoms with Gasteiger partial charge in [-0.05, 0) is 89.9 Å². The van der Waals surface area contributed by atoms with E-state index in [1.807, 2.05) is 0 Å². The zero-order valence-corrected chi connectivity index (χ0v) is 46.9. The van der Waals surface area contributed by atoms with E-state index in [1.54, 1.807) is 0 Å². The monoisotopic (exact) mass is 1060 g/mol. The van der Waals surface area contributed by atoms with Crippen LogP contribution in [0, 0.1) is 0 Å². The summed E-state index contributed by atoms with van der Waals surface area (Å²) in [4.78, 5) is 13.0. The van der Waals surface area contributed by atoms with Crippen LogP contribution in [-0.2, 0) is 38.3 Å². The third-order valence-electron chi connectivity index (χ3n) is 12.7. The Morgan fingerprint density at radius 3 is 1.30 bits per heavy atom. The summed E-state index contributed by atoms with van der Waals surface area (Å²) in [6.07, 6.45) is 61.5. The Bertz CT molecular complexity index is 1650. The summed E-state index contributed by atoms with van der Waals surface area (Å²) in [6.45, 7) is 3.76. The van der Waals surface area contributed by atoms with Gasteiger partial charge in [-0.1, -0.05) is 220 Å². The van der Waals surface area contributed by atoms with Crippen LogP contribution in [0.2, 0.25) is 0 Å². The molecule has 1 rings (SSSR count). The van der Waals surface area contributed by atoms with Crippen LogP contribution in [0.5, 0.6) is 0 Å². The van der Waals surface area contributed by atoms with E-state index in [9.17, 15) is 33.1 Å². The highest BCUT2D eigenvalue weighted by atomic mass is 32.3. The van der Waals surface area contributed by atoms with E-state index in [0.717, 1.165) is 103 Å². The SMILES string of the molecule is CC/C=C\C/C=C\C/C=C\C/C=C\CCCCCCCCCCCCCCC(=O)OC(COCCCCCCCCCCC/C=C\C/C=C\C/C=C\C/C=C\CC)COC1OC(CO)C(O)C(OS(=O)(=O)O)C1O. The second-order valence-electron chi connectivity index (χ2n) is 19.5. The Morgan fingerprint density at radius 1 is 0.514 bits per heavy atom. The van der Waals surface area contributed by atoms with Gasteiger partial charge in [0.15, 0.2) is 6.29 Å². The molecule has 74 heavy (non-hydrogen) atoms. The number of unbranched alkanes of at least 4 members (excludes halogenated alkanes) is 21. The summed E-state index contributed by atoms with van der Waals surface area (Å²) in [5.41, 5.74) is 0. The van der Waals surface area contributed by atoms with Crippen LogP contribution in [0.3, 0.4) is 0 Å². The number of esters is 1. The molecule has 1 aliphatic heterocycles. The van der Waals surface area contributed by atoms with Gasteiger partial charge in [-0.25, -0.2) is 4.18 Å². The highest BCUT2D eigenvalue weighted by Crippen LogP contribution is 2.26. The van der Waals surface area contributed by atoms with E-state index < -0.39 is 59.8 Å². The summed E-state index contributed by atoms with van der Waals surface area (Å²) in [7, 11) is -5.07. The zero-order chi connectivity index (χ0) is 53.8. The van der Waals surface area contributed by atoms with Crippen molar-refractivity contribution in [3.8, 4) is 0 Å². The van der Waals surface area contributed by atoms with Crippen LogP contribution >= 0.6 is 0 Å². The lowest BCUT2D eigenvalue weighted by atomic mass is 9.99. The quantitative estimate of drug-likeness (QED) is 0.0196. The molecule has 12 nitrogen and oxygen atoms in total. The van der Waals surface area contributed by atoms with Crippen molar-refractivity contribution in [1.82, 2.24) is 0 Å². The molecule has 13 heteroatoms. The molecule has 0 aliphatic carbocycles. The molecule has 0 radical (unpaired) electrons. The van der Waals surface area contributed by atoms with Crippen molar-refractivity contribution in [3.63, 3.8) is 0 Å². The average molecular weight is 1060 g/mol. The molecule has 0 aromatic rings. The van der Waals surface area contributed by atoms with Gasteiger partial charge >= 0.3 is 16.4 Å². The van der Waals surface area contributed by atoms with Crippen molar-refractivity contribution in [3.05, 3.63) is 97.2 Å². The van der Waals surface area contributed by atoms with E-state index in [0.29, 0.717) is 13.0 Å². The summed E-state index contributed by atoms with van der Waals surface area (Å²) >= 11 is 0. The van der Waals surface area contributed by atoms with Gasteiger partial charge in [0.25, 0.3) is 0 Å². The number of hydrogen-bond acceptors (Lipinski definition) is 11.